The first-order chi connectivity index (χ1) is 10.5. The Morgan fingerprint density at radius 3 is 2.59 bits per heavy atom. The smallest absolute Gasteiger partial charge is 0.230 e. The Hall–Kier alpha value is -1.11. The van der Waals surface area contributed by atoms with E-state index in [1.807, 2.05) is 0 Å². The SMILES string of the molecule is CC(C)(CNC(=O)CSc1ccc(F)cc1)[NH+]1CCOCC1. The van der Waals surface area contributed by atoms with Gasteiger partial charge in [0.05, 0.1) is 25.5 Å². The lowest BCUT2D eigenvalue weighted by atomic mass is 10.0. The molecule has 22 heavy (non-hydrogen) atoms. The average Bonchev–Trinajstić information content (AvgIpc) is 2.53. The van der Waals surface area contributed by atoms with Crippen molar-refractivity contribution in [2.45, 2.75) is 24.3 Å². The summed E-state index contributed by atoms with van der Waals surface area (Å²) in [6.07, 6.45) is 0. The molecular weight excluding hydrogens is 303 g/mol. The summed E-state index contributed by atoms with van der Waals surface area (Å²) in [5.41, 5.74) is -0.0000177. The number of rotatable bonds is 6. The molecule has 0 spiro atoms. The highest BCUT2D eigenvalue weighted by Crippen LogP contribution is 2.17. The molecule has 6 heteroatoms. The van der Waals surface area contributed by atoms with Crippen molar-refractivity contribution >= 4 is 17.7 Å². The summed E-state index contributed by atoms with van der Waals surface area (Å²) < 4.78 is 18.2. The minimum Gasteiger partial charge on any atom is -0.370 e. The lowest BCUT2D eigenvalue weighted by Gasteiger charge is -2.37. The zero-order chi connectivity index (χ0) is 16.0. The summed E-state index contributed by atoms with van der Waals surface area (Å²) in [5.74, 6) is 0.0965. The van der Waals surface area contributed by atoms with Crippen LogP contribution in [0.3, 0.4) is 0 Å². The van der Waals surface area contributed by atoms with E-state index < -0.39 is 0 Å². The van der Waals surface area contributed by atoms with E-state index in [9.17, 15) is 9.18 Å². The number of amides is 1. The maximum Gasteiger partial charge on any atom is 0.230 e. The third-order valence-corrected chi connectivity index (χ3v) is 4.98. The molecule has 0 aromatic heterocycles. The van der Waals surface area contributed by atoms with E-state index in [2.05, 4.69) is 19.2 Å². The van der Waals surface area contributed by atoms with Crippen molar-refractivity contribution in [3.05, 3.63) is 30.1 Å². The molecule has 1 aromatic rings. The van der Waals surface area contributed by atoms with E-state index in [1.165, 1.54) is 28.8 Å². The molecule has 4 nitrogen and oxygen atoms in total. The summed E-state index contributed by atoms with van der Waals surface area (Å²) in [7, 11) is 0. The molecule has 1 saturated heterocycles. The van der Waals surface area contributed by atoms with Gasteiger partial charge in [-0.15, -0.1) is 11.8 Å². The summed E-state index contributed by atoms with van der Waals surface area (Å²) in [4.78, 5) is 14.3. The molecule has 0 radical (unpaired) electrons. The molecule has 1 aliphatic heterocycles. The highest BCUT2D eigenvalue weighted by molar-refractivity contribution is 8.00. The van der Waals surface area contributed by atoms with Gasteiger partial charge in [-0.2, -0.15) is 0 Å². The van der Waals surface area contributed by atoms with Crippen LogP contribution in [0.4, 0.5) is 4.39 Å². The van der Waals surface area contributed by atoms with Crippen molar-refractivity contribution in [1.82, 2.24) is 5.32 Å². The molecule has 122 valence electrons. The van der Waals surface area contributed by atoms with Crippen molar-refractivity contribution < 1.29 is 18.8 Å². The number of nitrogens with one attached hydrogen (secondary N) is 2. The second kappa shape index (κ2) is 7.94. The van der Waals surface area contributed by atoms with Crippen molar-refractivity contribution in [3.63, 3.8) is 0 Å². The number of quaternary nitrogens is 1. The zero-order valence-electron chi connectivity index (χ0n) is 13.2. The van der Waals surface area contributed by atoms with Gasteiger partial charge in [-0.3, -0.25) is 4.79 Å². The number of morpholine rings is 1. The van der Waals surface area contributed by atoms with E-state index >= 15 is 0 Å². The zero-order valence-corrected chi connectivity index (χ0v) is 14.0. The lowest BCUT2D eigenvalue weighted by molar-refractivity contribution is -0.954. The fourth-order valence-corrected chi connectivity index (χ4v) is 3.20. The molecular formula is C16H24FN2O2S+. The first kappa shape index (κ1) is 17.2. The summed E-state index contributed by atoms with van der Waals surface area (Å²) >= 11 is 1.42. The van der Waals surface area contributed by atoms with Crippen LogP contribution in [0.2, 0.25) is 0 Å². The van der Waals surface area contributed by atoms with Gasteiger partial charge in [0.1, 0.15) is 24.4 Å². The molecule has 2 N–H and O–H groups in total. The molecule has 0 aliphatic carbocycles. The van der Waals surface area contributed by atoms with E-state index in [1.54, 1.807) is 12.1 Å². The largest absolute Gasteiger partial charge is 0.370 e. The normalized spacial score (nSPS) is 16.5. The van der Waals surface area contributed by atoms with Crippen molar-refractivity contribution in [1.29, 1.82) is 0 Å². The molecule has 1 aromatic carbocycles. The Kier molecular flexibility index (Phi) is 6.23. The van der Waals surface area contributed by atoms with Gasteiger partial charge >= 0.3 is 0 Å². The van der Waals surface area contributed by atoms with Gasteiger partial charge in [0.15, 0.2) is 0 Å². The van der Waals surface area contributed by atoms with Gasteiger partial charge in [0.2, 0.25) is 5.91 Å². The van der Waals surface area contributed by atoms with Crippen LogP contribution in [0, 0.1) is 5.82 Å². The Bertz CT molecular complexity index is 487. The van der Waals surface area contributed by atoms with E-state index in [4.69, 9.17) is 4.74 Å². The minimum absolute atomic E-state index is 0.0000177. The highest BCUT2D eigenvalue weighted by Gasteiger charge is 2.32. The molecule has 0 unspecified atom stereocenters. The van der Waals surface area contributed by atoms with E-state index in [0.29, 0.717) is 12.3 Å². The van der Waals surface area contributed by atoms with Gasteiger partial charge < -0.3 is 15.0 Å². The monoisotopic (exact) mass is 327 g/mol. The third kappa shape index (κ3) is 5.26. The van der Waals surface area contributed by atoms with Gasteiger partial charge in [0, 0.05) is 4.90 Å². The van der Waals surface area contributed by atoms with Gasteiger partial charge in [-0.1, -0.05) is 0 Å². The molecule has 1 heterocycles. The van der Waals surface area contributed by atoms with Gasteiger partial charge in [-0.05, 0) is 38.1 Å². The Morgan fingerprint density at radius 1 is 1.32 bits per heavy atom. The first-order valence-corrected chi connectivity index (χ1v) is 8.54. The number of carbonyl (C=O) groups is 1. The predicted molar refractivity (Wildman–Crippen MR) is 85.7 cm³/mol. The van der Waals surface area contributed by atoms with Crippen LogP contribution in [0.25, 0.3) is 0 Å². The van der Waals surface area contributed by atoms with Crippen LogP contribution in [-0.2, 0) is 9.53 Å². The summed E-state index contributed by atoms with van der Waals surface area (Å²) in [6.45, 7) is 8.51. The maximum absolute atomic E-state index is 12.8. The van der Waals surface area contributed by atoms with Gasteiger partial charge in [-0.25, -0.2) is 4.39 Å². The van der Waals surface area contributed by atoms with Crippen molar-refractivity contribution in [3.8, 4) is 0 Å². The Morgan fingerprint density at radius 2 is 1.95 bits per heavy atom. The summed E-state index contributed by atoms with van der Waals surface area (Å²) in [5, 5.41) is 3.01. The quantitative estimate of drug-likeness (QED) is 0.757. The number of thioether (sulfide) groups is 1. The van der Waals surface area contributed by atoms with E-state index in [-0.39, 0.29) is 17.3 Å². The topological polar surface area (TPSA) is 42.8 Å². The molecule has 1 fully saturated rings. The van der Waals surface area contributed by atoms with Crippen LogP contribution in [0.15, 0.2) is 29.2 Å². The van der Waals surface area contributed by atoms with Crippen LogP contribution < -0.4 is 10.2 Å². The van der Waals surface area contributed by atoms with E-state index in [0.717, 1.165) is 31.2 Å². The molecule has 1 aliphatic rings. The molecule has 0 bridgehead atoms. The number of ether oxygens (including phenoxy) is 1. The predicted octanol–water partition coefficient (Wildman–Crippen LogP) is 0.728. The lowest BCUT2D eigenvalue weighted by Crippen LogP contribution is -3.22. The number of hydrogen-bond acceptors (Lipinski definition) is 3. The second-order valence-corrected chi connectivity index (χ2v) is 7.17. The molecule has 0 saturated carbocycles. The minimum atomic E-state index is -0.260. The Labute approximate surface area is 135 Å². The molecule has 0 atom stereocenters. The number of benzene rings is 1. The van der Waals surface area contributed by atoms with Crippen LogP contribution in [-0.4, -0.2) is 50.0 Å². The van der Waals surface area contributed by atoms with Crippen LogP contribution >= 0.6 is 11.8 Å². The standard InChI is InChI=1S/C16H23FN2O2S/c1-16(2,19-7-9-21-10-8-19)12-18-15(20)11-22-14-5-3-13(17)4-6-14/h3-6H,7-12H2,1-2H3,(H,18,20)/p+1. The fourth-order valence-electron chi connectivity index (χ4n) is 2.47. The Balaban J connectivity index is 1.73. The number of halogens is 1. The first-order valence-electron chi connectivity index (χ1n) is 7.55. The van der Waals surface area contributed by atoms with Crippen LogP contribution in [0.5, 0.6) is 0 Å². The average molecular weight is 327 g/mol. The number of hydrogen-bond donors (Lipinski definition) is 2. The molecule has 2 rings (SSSR count). The summed E-state index contributed by atoms with van der Waals surface area (Å²) in [6, 6.07) is 6.19. The third-order valence-electron chi connectivity index (χ3n) is 3.96. The number of carbonyl (C=O) groups excluding carboxylic acids is 1. The van der Waals surface area contributed by atoms with Crippen molar-refractivity contribution in [2.75, 3.05) is 38.6 Å². The fraction of sp³-hybridized carbons (Fsp3) is 0.562. The van der Waals surface area contributed by atoms with Gasteiger partial charge in [0.25, 0.3) is 0 Å². The van der Waals surface area contributed by atoms with Crippen molar-refractivity contribution in [2.24, 2.45) is 0 Å². The van der Waals surface area contributed by atoms with Crippen LogP contribution in [0.1, 0.15) is 13.8 Å². The molecule has 1 amide bonds. The maximum atomic E-state index is 12.8. The second-order valence-electron chi connectivity index (χ2n) is 6.12. The highest BCUT2D eigenvalue weighted by atomic mass is 32.2.